The van der Waals surface area contributed by atoms with Crippen molar-refractivity contribution in [3.05, 3.63) is 63.8 Å². The van der Waals surface area contributed by atoms with Crippen LogP contribution in [0.4, 0.5) is 0 Å². The summed E-state index contributed by atoms with van der Waals surface area (Å²) in [4.78, 5) is 5.62. The van der Waals surface area contributed by atoms with Gasteiger partial charge in [-0.2, -0.15) is 0 Å². The highest BCUT2D eigenvalue weighted by Crippen LogP contribution is 2.25. The number of benzene rings is 1. The van der Waals surface area contributed by atoms with Gasteiger partial charge in [-0.1, -0.05) is 36.4 Å². The molecule has 3 nitrogen and oxygen atoms in total. The maximum atomic E-state index is 10.5. The van der Waals surface area contributed by atoms with E-state index in [-0.39, 0.29) is 0 Å². The zero-order valence-corrected chi connectivity index (χ0v) is 14.0. The molecule has 0 amide bonds. The van der Waals surface area contributed by atoms with Gasteiger partial charge in [0.05, 0.1) is 5.69 Å². The molecule has 0 aliphatic heterocycles. The molecule has 2 heterocycles. The SMILES string of the molecule is CC(O)(CNCc1csc(-c2ccccc2)n1)c1cccs1. The Bertz CT molecular complexity index is 705. The van der Waals surface area contributed by atoms with Crippen LogP contribution in [0, 0.1) is 0 Å². The number of nitrogens with zero attached hydrogens (tertiary/aromatic N) is 1. The lowest BCUT2D eigenvalue weighted by Crippen LogP contribution is -2.34. The minimum Gasteiger partial charge on any atom is -0.383 e. The maximum Gasteiger partial charge on any atom is 0.123 e. The van der Waals surface area contributed by atoms with Crippen molar-refractivity contribution >= 4 is 22.7 Å². The standard InChI is InChI=1S/C17H18N2OS2/c1-17(20,15-8-5-9-21-15)12-18-10-14-11-22-16(19-14)13-6-3-2-4-7-13/h2-9,11,18,20H,10,12H2,1H3. The first kappa shape index (κ1) is 15.4. The van der Waals surface area contributed by atoms with Crippen LogP contribution in [0.1, 0.15) is 17.5 Å². The quantitative estimate of drug-likeness (QED) is 0.721. The Labute approximate surface area is 138 Å². The average molecular weight is 330 g/mol. The summed E-state index contributed by atoms with van der Waals surface area (Å²) in [5.41, 5.74) is 1.31. The van der Waals surface area contributed by atoms with Gasteiger partial charge in [0.1, 0.15) is 10.6 Å². The third-order valence-electron chi connectivity index (χ3n) is 3.40. The number of thiazole rings is 1. The van der Waals surface area contributed by atoms with E-state index in [0.717, 1.165) is 21.1 Å². The molecule has 0 saturated carbocycles. The number of aromatic nitrogens is 1. The highest BCUT2D eigenvalue weighted by molar-refractivity contribution is 7.13. The number of nitrogens with one attached hydrogen (secondary N) is 1. The zero-order valence-electron chi connectivity index (χ0n) is 12.3. The number of hydrogen-bond acceptors (Lipinski definition) is 5. The molecule has 0 aliphatic carbocycles. The van der Waals surface area contributed by atoms with Crippen molar-refractivity contribution < 1.29 is 5.11 Å². The topological polar surface area (TPSA) is 45.1 Å². The van der Waals surface area contributed by atoms with Crippen LogP contribution in [-0.4, -0.2) is 16.6 Å². The molecule has 5 heteroatoms. The van der Waals surface area contributed by atoms with Crippen LogP contribution in [0.25, 0.3) is 10.6 Å². The molecule has 3 aromatic rings. The van der Waals surface area contributed by atoms with Gasteiger partial charge in [-0.05, 0) is 18.4 Å². The second-order valence-electron chi connectivity index (χ2n) is 5.36. The lowest BCUT2D eigenvalue weighted by molar-refractivity contribution is 0.0604. The Hall–Kier alpha value is -1.53. The summed E-state index contributed by atoms with van der Waals surface area (Å²) in [6.07, 6.45) is 0. The van der Waals surface area contributed by atoms with Crippen LogP contribution in [0.15, 0.2) is 53.2 Å². The molecule has 0 saturated heterocycles. The molecule has 2 aromatic heterocycles. The van der Waals surface area contributed by atoms with Crippen molar-refractivity contribution in [1.82, 2.24) is 10.3 Å². The Kier molecular flexibility index (Phi) is 4.69. The van der Waals surface area contributed by atoms with Gasteiger partial charge in [0.25, 0.3) is 0 Å². The molecular formula is C17H18N2OS2. The predicted octanol–water partition coefficient (Wildman–Crippen LogP) is 3.87. The molecule has 0 bridgehead atoms. The van der Waals surface area contributed by atoms with E-state index in [2.05, 4.69) is 27.8 Å². The Balaban J connectivity index is 1.58. The Morgan fingerprint density at radius 1 is 1.14 bits per heavy atom. The molecule has 1 atom stereocenters. The third-order valence-corrected chi connectivity index (χ3v) is 5.46. The van der Waals surface area contributed by atoms with Crippen molar-refractivity contribution in [2.24, 2.45) is 0 Å². The second kappa shape index (κ2) is 6.71. The van der Waals surface area contributed by atoms with Crippen molar-refractivity contribution in [3.63, 3.8) is 0 Å². The van der Waals surface area contributed by atoms with Crippen molar-refractivity contribution in [3.8, 4) is 10.6 Å². The van der Waals surface area contributed by atoms with Crippen LogP contribution in [0.2, 0.25) is 0 Å². The Morgan fingerprint density at radius 3 is 2.68 bits per heavy atom. The summed E-state index contributed by atoms with van der Waals surface area (Å²) in [6.45, 7) is 3.00. The normalized spacial score (nSPS) is 13.9. The van der Waals surface area contributed by atoms with Crippen LogP contribution >= 0.6 is 22.7 Å². The molecule has 1 unspecified atom stereocenters. The zero-order chi connectivity index (χ0) is 15.4. The van der Waals surface area contributed by atoms with E-state index >= 15 is 0 Å². The van der Waals surface area contributed by atoms with Gasteiger partial charge in [0.2, 0.25) is 0 Å². The summed E-state index contributed by atoms with van der Waals surface area (Å²) in [6, 6.07) is 14.1. The largest absolute Gasteiger partial charge is 0.383 e. The van der Waals surface area contributed by atoms with Crippen molar-refractivity contribution in [2.45, 2.75) is 19.1 Å². The first-order valence-corrected chi connectivity index (χ1v) is 8.88. The lowest BCUT2D eigenvalue weighted by atomic mass is 10.1. The van der Waals surface area contributed by atoms with Gasteiger partial charge < -0.3 is 10.4 Å². The summed E-state index contributed by atoms with van der Waals surface area (Å²) < 4.78 is 0. The van der Waals surface area contributed by atoms with E-state index in [1.807, 2.05) is 42.6 Å². The number of hydrogen-bond donors (Lipinski definition) is 2. The van der Waals surface area contributed by atoms with E-state index in [0.29, 0.717) is 13.1 Å². The number of aliphatic hydroxyl groups is 1. The number of rotatable bonds is 6. The number of thiophene rings is 1. The molecule has 0 radical (unpaired) electrons. The maximum absolute atomic E-state index is 10.5. The molecule has 22 heavy (non-hydrogen) atoms. The monoisotopic (exact) mass is 330 g/mol. The first-order valence-electron chi connectivity index (χ1n) is 7.12. The lowest BCUT2D eigenvalue weighted by Gasteiger charge is -2.22. The predicted molar refractivity (Wildman–Crippen MR) is 93.1 cm³/mol. The first-order chi connectivity index (χ1) is 10.6. The summed E-state index contributed by atoms with van der Waals surface area (Å²) in [5, 5.41) is 18.8. The molecule has 1 aromatic carbocycles. The van der Waals surface area contributed by atoms with Gasteiger partial charge >= 0.3 is 0 Å². The minimum atomic E-state index is -0.841. The smallest absolute Gasteiger partial charge is 0.123 e. The molecule has 0 spiro atoms. The average Bonchev–Trinajstić information content (AvgIpc) is 3.20. The van der Waals surface area contributed by atoms with Crippen LogP contribution < -0.4 is 5.32 Å². The molecular weight excluding hydrogens is 312 g/mol. The van der Waals surface area contributed by atoms with E-state index in [9.17, 15) is 5.11 Å². The molecule has 0 fully saturated rings. The Morgan fingerprint density at radius 2 is 1.95 bits per heavy atom. The van der Waals surface area contributed by atoms with E-state index in [1.165, 1.54) is 0 Å². The summed E-state index contributed by atoms with van der Waals surface area (Å²) in [5.74, 6) is 0. The van der Waals surface area contributed by atoms with Crippen LogP contribution in [-0.2, 0) is 12.1 Å². The highest BCUT2D eigenvalue weighted by Gasteiger charge is 2.23. The van der Waals surface area contributed by atoms with Gasteiger partial charge in [-0.3, -0.25) is 0 Å². The van der Waals surface area contributed by atoms with E-state index < -0.39 is 5.60 Å². The fraction of sp³-hybridized carbons (Fsp3) is 0.235. The van der Waals surface area contributed by atoms with Crippen LogP contribution in [0.5, 0.6) is 0 Å². The molecule has 2 N–H and O–H groups in total. The summed E-state index contributed by atoms with van der Waals surface area (Å²) in [7, 11) is 0. The second-order valence-corrected chi connectivity index (χ2v) is 7.17. The molecule has 114 valence electrons. The van der Waals surface area contributed by atoms with E-state index in [4.69, 9.17) is 0 Å². The van der Waals surface area contributed by atoms with Gasteiger partial charge in [-0.25, -0.2) is 4.98 Å². The summed E-state index contributed by atoms with van der Waals surface area (Å²) >= 11 is 3.22. The van der Waals surface area contributed by atoms with Gasteiger partial charge in [0, 0.05) is 28.9 Å². The fourth-order valence-electron chi connectivity index (χ4n) is 2.21. The third kappa shape index (κ3) is 3.62. The van der Waals surface area contributed by atoms with Gasteiger partial charge in [0.15, 0.2) is 0 Å². The van der Waals surface area contributed by atoms with Crippen molar-refractivity contribution in [1.29, 1.82) is 0 Å². The molecule has 0 aliphatic rings. The molecule has 3 rings (SSSR count). The van der Waals surface area contributed by atoms with E-state index in [1.54, 1.807) is 22.7 Å². The minimum absolute atomic E-state index is 0.506. The van der Waals surface area contributed by atoms with Gasteiger partial charge in [-0.15, -0.1) is 22.7 Å². The fourth-order valence-corrected chi connectivity index (χ4v) is 3.82. The highest BCUT2D eigenvalue weighted by atomic mass is 32.1. The van der Waals surface area contributed by atoms with Crippen LogP contribution in [0.3, 0.4) is 0 Å². The van der Waals surface area contributed by atoms with Crippen molar-refractivity contribution in [2.75, 3.05) is 6.54 Å².